The number of fused-ring (bicyclic) bond motifs is 1. The summed E-state index contributed by atoms with van der Waals surface area (Å²) in [5, 5.41) is 30.3. The molecule has 1 aliphatic rings. The Balaban J connectivity index is 1.95. The monoisotopic (exact) mass is 327 g/mol. The molecular formula is C16H13N3O3S. The summed E-state index contributed by atoms with van der Waals surface area (Å²) in [6.45, 7) is 0. The molecule has 1 N–H and O–H groups in total. The zero-order valence-electron chi connectivity index (χ0n) is 12.2. The Morgan fingerprint density at radius 3 is 2.91 bits per heavy atom. The second-order valence-electron chi connectivity index (χ2n) is 5.27. The highest BCUT2D eigenvalue weighted by Gasteiger charge is 2.20. The molecule has 3 rings (SSSR count). The molecule has 0 atom stereocenters. The average Bonchev–Trinajstić information content (AvgIpc) is 2.91. The fraction of sp³-hybridized carbons (Fsp3) is 0.250. The molecular weight excluding hydrogens is 314 g/mol. The number of hydrogen-bond acceptors (Lipinski definition) is 6. The van der Waals surface area contributed by atoms with Gasteiger partial charge in [0.2, 0.25) is 0 Å². The third kappa shape index (κ3) is 2.94. The molecule has 1 aliphatic carbocycles. The highest BCUT2D eigenvalue weighted by Crippen LogP contribution is 2.39. The highest BCUT2D eigenvalue weighted by atomic mass is 32.1. The molecule has 23 heavy (non-hydrogen) atoms. The van der Waals surface area contributed by atoms with Crippen molar-refractivity contribution in [3.8, 4) is 11.8 Å². The van der Waals surface area contributed by atoms with Crippen molar-refractivity contribution in [3.63, 3.8) is 0 Å². The van der Waals surface area contributed by atoms with Crippen LogP contribution < -0.4 is 0 Å². The van der Waals surface area contributed by atoms with Gasteiger partial charge in [-0.15, -0.1) is 11.3 Å². The fourth-order valence-electron chi connectivity index (χ4n) is 2.66. The lowest BCUT2D eigenvalue weighted by atomic mass is 9.96. The SMILES string of the molecule is N#Cc1c(/N=C\c2ccc(O)c([N+](=O)[O-])c2)sc2c1CCCC2. The molecule has 1 aromatic carbocycles. The van der Waals surface area contributed by atoms with Crippen molar-refractivity contribution in [1.29, 1.82) is 5.26 Å². The number of nitrogens with zero attached hydrogens (tertiary/aromatic N) is 3. The molecule has 116 valence electrons. The lowest BCUT2D eigenvalue weighted by molar-refractivity contribution is -0.385. The molecule has 0 saturated carbocycles. The molecule has 0 unspecified atom stereocenters. The minimum atomic E-state index is -0.642. The predicted molar refractivity (Wildman–Crippen MR) is 87.7 cm³/mol. The standard InChI is InChI=1S/C16H13N3O3S/c17-8-12-11-3-1-2-4-15(11)23-16(12)18-9-10-5-6-14(20)13(7-10)19(21)22/h5-7,9,20H,1-4H2/b18-9-. The fourth-order valence-corrected chi connectivity index (χ4v) is 3.84. The lowest BCUT2D eigenvalue weighted by Crippen LogP contribution is -1.99. The molecule has 0 spiro atoms. The number of aliphatic imine (C=N–C) groups is 1. The summed E-state index contributed by atoms with van der Waals surface area (Å²) in [4.78, 5) is 15.8. The summed E-state index contributed by atoms with van der Waals surface area (Å²) >= 11 is 1.52. The molecule has 0 radical (unpaired) electrons. The third-order valence-electron chi connectivity index (χ3n) is 3.79. The van der Waals surface area contributed by atoms with Crippen LogP contribution in [0.15, 0.2) is 23.2 Å². The number of hydrogen-bond donors (Lipinski definition) is 1. The van der Waals surface area contributed by atoms with E-state index in [1.165, 1.54) is 34.6 Å². The molecule has 0 fully saturated rings. The molecule has 0 saturated heterocycles. The van der Waals surface area contributed by atoms with Crippen molar-refractivity contribution < 1.29 is 10.0 Å². The van der Waals surface area contributed by atoms with Gasteiger partial charge in [-0.3, -0.25) is 10.1 Å². The second kappa shape index (κ2) is 6.18. The molecule has 0 amide bonds. The van der Waals surface area contributed by atoms with Gasteiger partial charge in [-0.2, -0.15) is 5.26 Å². The number of nitriles is 1. The first kappa shape index (κ1) is 15.2. The first-order valence-corrected chi connectivity index (χ1v) is 7.98. The lowest BCUT2D eigenvalue weighted by Gasteiger charge is -2.09. The average molecular weight is 327 g/mol. The number of aromatic hydroxyl groups is 1. The molecule has 0 aliphatic heterocycles. The first-order valence-electron chi connectivity index (χ1n) is 7.16. The summed E-state index contributed by atoms with van der Waals surface area (Å²) in [7, 11) is 0. The van der Waals surface area contributed by atoms with E-state index in [1.807, 2.05) is 0 Å². The topological polar surface area (TPSA) is 99.5 Å². The van der Waals surface area contributed by atoms with Gasteiger partial charge in [0.1, 0.15) is 11.1 Å². The van der Waals surface area contributed by atoms with Crippen molar-refractivity contribution >= 4 is 28.2 Å². The van der Waals surface area contributed by atoms with Crippen LogP contribution in [0, 0.1) is 21.4 Å². The van der Waals surface area contributed by atoms with Crippen molar-refractivity contribution in [2.24, 2.45) is 4.99 Å². The molecule has 1 heterocycles. The predicted octanol–water partition coefficient (Wildman–Crippen LogP) is 3.86. The van der Waals surface area contributed by atoms with Crippen molar-refractivity contribution in [2.45, 2.75) is 25.7 Å². The number of rotatable bonds is 3. The van der Waals surface area contributed by atoms with Crippen LogP contribution in [-0.4, -0.2) is 16.2 Å². The van der Waals surface area contributed by atoms with Crippen LogP contribution in [0.25, 0.3) is 0 Å². The van der Waals surface area contributed by atoms with Gasteiger partial charge in [-0.1, -0.05) is 0 Å². The number of phenolic OH excluding ortho intramolecular Hbond substituents is 1. The van der Waals surface area contributed by atoms with E-state index in [4.69, 9.17) is 0 Å². The second-order valence-corrected chi connectivity index (χ2v) is 6.35. The quantitative estimate of drug-likeness (QED) is 0.525. The largest absolute Gasteiger partial charge is 0.502 e. The van der Waals surface area contributed by atoms with E-state index in [0.29, 0.717) is 16.1 Å². The maximum Gasteiger partial charge on any atom is 0.311 e. The van der Waals surface area contributed by atoms with Crippen LogP contribution >= 0.6 is 11.3 Å². The van der Waals surface area contributed by atoms with Crippen molar-refractivity contribution in [1.82, 2.24) is 0 Å². The zero-order chi connectivity index (χ0) is 16.4. The van der Waals surface area contributed by atoms with Crippen molar-refractivity contribution in [2.75, 3.05) is 0 Å². The first-order chi connectivity index (χ1) is 11.1. The normalized spacial score (nSPS) is 13.7. The van der Waals surface area contributed by atoms with Gasteiger partial charge in [0, 0.05) is 17.2 Å². The highest BCUT2D eigenvalue weighted by molar-refractivity contribution is 7.16. The van der Waals surface area contributed by atoms with E-state index < -0.39 is 4.92 Å². The summed E-state index contributed by atoms with van der Waals surface area (Å²) in [6.07, 6.45) is 5.60. The smallest absolute Gasteiger partial charge is 0.311 e. The van der Waals surface area contributed by atoms with Gasteiger partial charge in [-0.05, 0) is 48.9 Å². The summed E-state index contributed by atoms with van der Waals surface area (Å²) in [5.41, 5.74) is 1.87. The summed E-state index contributed by atoms with van der Waals surface area (Å²) in [6, 6.07) is 6.30. The number of nitro benzene ring substituents is 1. The number of nitro groups is 1. The van der Waals surface area contributed by atoms with Crippen LogP contribution in [-0.2, 0) is 12.8 Å². The number of thiophene rings is 1. The Bertz CT molecular complexity index is 849. The van der Waals surface area contributed by atoms with Crippen LogP contribution in [0.4, 0.5) is 10.7 Å². The molecule has 1 aromatic heterocycles. The molecule has 6 nitrogen and oxygen atoms in total. The Morgan fingerprint density at radius 1 is 1.39 bits per heavy atom. The summed E-state index contributed by atoms with van der Waals surface area (Å²) < 4.78 is 0. The van der Waals surface area contributed by atoms with E-state index in [9.17, 15) is 20.5 Å². The maximum atomic E-state index is 10.8. The Kier molecular flexibility index (Phi) is 4.08. The van der Waals surface area contributed by atoms with E-state index in [0.717, 1.165) is 31.2 Å². The van der Waals surface area contributed by atoms with Gasteiger partial charge in [0.15, 0.2) is 5.75 Å². The van der Waals surface area contributed by atoms with Crippen LogP contribution in [0.1, 0.15) is 34.4 Å². The molecule has 7 heteroatoms. The number of benzene rings is 1. The van der Waals surface area contributed by atoms with Crippen molar-refractivity contribution in [3.05, 3.63) is 49.9 Å². The molecule has 2 aromatic rings. The van der Waals surface area contributed by atoms with Gasteiger partial charge in [-0.25, -0.2) is 4.99 Å². The van der Waals surface area contributed by atoms with Crippen LogP contribution in [0.2, 0.25) is 0 Å². The van der Waals surface area contributed by atoms with Crippen LogP contribution in [0.5, 0.6) is 5.75 Å². The Hall–Kier alpha value is -2.72. The van der Waals surface area contributed by atoms with Gasteiger partial charge in [0.05, 0.1) is 10.5 Å². The van der Waals surface area contributed by atoms with Gasteiger partial charge < -0.3 is 5.11 Å². The maximum absolute atomic E-state index is 10.8. The summed E-state index contributed by atoms with van der Waals surface area (Å²) in [5.74, 6) is -0.378. The van der Waals surface area contributed by atoms with E-state index in [-0.39, 0.29) is 11.4 Å². The Morgan fingerprint density at radius 2 is 2.17 bits per heavy atom. The third-order valence-corrected chi connectivity index (χ3v) is 4.99. The van der Waals surface area contributed by atoms with Gasteiger partial charge in [0.25, 0.3) is 0 Å². The van der Waals surface area contributed by atoms with Gasteiger partial charge >= 0.3 is 5.69 Å². The molecule has 0 bridgehead atoms. The number of phenols is 1. The number of aryl methyl sites for hydroxylation is 1. The van der Waals surface area contributed by atoms with E-state index >= 15 is 0 Å². The minimum Gasteiger partial charge on any atom is -0.502 e. The minimum absolute atomic E-state index is 0.361. The van der Waals surface area contributed by atoms with Crippen LogP contribution in [0.3, 0.4) is 0 Å². The zero-order valence-corrected chi connectivity index (χ0v) is 13.0. The Labute approximate surface area is 136 Å². The van der Waals surface area contributed by atoms with E-state index in [1.54, 1.807) is 6.07 Å². The van der Waals surface area contributed by atoms with E-state index in [2.05, 4.69) is 11.1 Å².